The first-order chi connectivity index (χ1) is 15.3. The number of amides is 1. The van der Waals surface area contributed by atoms with Crippen molar-refractivity contribution in [1.82, 2.24) is 14.9 Å². The Hall–Kier alpha value is -3.36. The van der Waals surface area contributed by atoms with E-state index in [1.165, 1.54) is 24.3 Å². The number of aryl methyl sites for hydroxylation is 1. The van der Waals surface area contributed by atoms with Gasteiger partial charge in [-0.1, -0.05) is 31.0 Å². The van der Waals surface area contributed by atoms with E-state index in [1.54, 1.807) is 22.8 Å². The Labute approximate surface area is 182 Å². The number of nitrogens with one attached hydrogen (secondary N) is 1. The van der Waals surface area contributed by atoms with Crippen molar-refractivity contribution in [2.45, 2.75) is 51.6 Å². The number of nitrogens with zero attached hydrogens (tertiary/aromatic N) is 2. The van der Waals surface area contributed by atoms with E-state index in [2.05, 4.69) is 15.0 Å². The van der Waals surface area contributed by atoms with Crippen LogP contribution in [0.25, 0.3) is 10.9 Å². The minimum atomic E-state index is -4.82. The molecule has 1 aromatic heterocycles. The van der Waals surface area contributed by atoms with Gasteiger partial charge in [0.25, 0.3) is 11.5 Å². The van der Waals surface area contributed by atoms with Crippen LogP contribution in [0.4, 0.5) is 13.2 Å². The van der Waals surface area contributed by atoms with Crippen LogP contribution in [0.1, 0.15) is 47.4 Å². The molecule has 4 rings (SSSR count). The Balaban J connectivity index is 1.56. The van der Waals surface area contributed by atoms with Gasteiger partial charge in [-0.05, 0) is 37.1 Å². The van der Waals surface area contributed by atoms with Gasteiger partial charge in [-0.2, -0.15) is 0 Å². The Bertz CT molecular complexity index is 1200. The lowest BCUT2D eigenvalue weighted by Crippen LogP contribution is -2.27. The molecule has 0 bridgehead atoms. The summed E-state index contributed by atoms with van der Waals surface area (Å²) in [5, 5.41) is 3.04. The summed E-state index contributed by atoms with van der Waals surface area (Å²) in [6.07, 6.45) is -0.0551. The minimum Gasteiger partial charge on any atom is -0.405 e. The predicted molar refractivity (Wildman–Crippen MR) is 112 cm³/mol. The maximum Gasteiger partial charge on any atom is 0.573 e. The molecule has 0 aliphatic carbocycles. The molecular formula is C23H22F3N3O3. The highest BCUT2D eigenvalue weighted by molar-refractivity contribution is 5.97. The molecule has 0 spiro atoms. The van der Waals surface area contributed by atoms with Crippen LogP contribution in [0.15, 0.2) is 47.3 Å². The van der Waals surface area contributed by atoms with Crippen molar-refractivity contribution in [3.05, 3.63) is 69.8 Å². The highest BCUT2D eigenvalue weighted by Gasteiger charge is 2.32. The molecule has 0 saturated heterocycles. The number of benzene rings is 2. The molecular weight excluding hydrogens is 423 g/mol. The standard InChI is InChI=1S/C23H22F3N3O3/c24-23(25,26)32-19-8-5-4-7-16(19)14-27-21(30)15-10-11-17-18(13-15)28-20-9-3-1-2-6-12-29(20)22(17)31/h4-5,7-8,10-11,13H,1-3,6,9,12,14H2,(H,27,30). The van der Waals surface area contributed by atoms with Crippen molar-refractivity contribution in [3.63, 3.8) is 0 Å². The molecule has 0 radical (unpaired) electrons. The second kappa shape index (κ2) is 9.02. The number of fused-ring (bicyclic) bond motifs is 2. The first kappa shape index (κ1) is 21.9. The maximum absolute atomic E-state index is 12.9. The highest BCUT2D eigenvalue weighted by atomic mass is 19.4. The van der Waals surface area contributed by atoms with Gasteiger partial charge < -0.3 is 10.1 Å². The average Bonchev–Trinajstić information content (AvgIpc) is 2.73. The fourth-order valence-electron chi connectivity index (χ4n) is 3.89. The van der Waals surface area contributed by atoms with E-state index in [-0.39, 0.29) is 29.0 Å². The van der Waals surface area contributed by atoms with Gasteiger partial charge in [0, 0.05) is 30.6 Å². The number of carbonyl (C=O) groups is 1. The van der Waals surface area contributed by atoms with E-state index in [4.69, 9.17) is 0 Å². The summed E-state index contributed by atoms with van der Waals surface area (Å²) < 4.78 is 43.5. The van der Waals surface area contributed by atoms with E-state index in [9.17, 15) is 22.8 Å². The third kappa shape index (κ3) is 4.92. The van der Waals surface area contributed by atoms with Gasteiger partial charge >= 0.3 is 6.36 Å². The summed E-state index contributed by atoms with van der Waals surface area (Å²) in [5.74, 6) is -0.132. The van der Waals surface area contributed by atoms with E-state index in [0.717, 1.165) is 31.5 Å². The van der Waals surface area contributed by atoms with E-state index >= 15 is 0 Å². The molecule has 9 heteroatoms. The predicted octanol–water partition coefficient (Wildman–Crippen LogP) is 4.34. The quantitative estimate of drug-likeness (QED) is 0.649. The van der Waals surface area contributed by atoms with Gasteiger partial charge in [-0.25, -0.2) is 4.98 Å². The van der Waals surface area contributed by atoms with Crippen LogP contribution in [0.2, 0.25) is 0 Å². The summed E-state index contributed by atoms with van der Waals surface area (Å²) in [7, 11) is 0. The van der Waals surface area contributed by atoms with Crippen molar-refractivity contribution in [1.29, 1.82) is 0 Å². The topological polar surface area (TPSA) is 73.2 Å². The van der Waals surface area contributed by atoms with Crippen LogP contribution >= 0.6 is 0 Å². The van der Waals surface area contributed by atoms with Gasteiger partial charge in [-0.3, -0.25) is 14.2 Å². The molecule has 168 valence electrons. The molecule has 0 atom stereocenters. The zero-order valence-corrected chi connectivity index (χ0v) is 17.2. The minimum absolute atomic E-state index is 0.114. The molecule has 3 aromatic rings. The van der Waals surface area contributed by atoms with Crippen LogP contribution < -0.4 is 15.6 Å². The number of ether oxygens (including phenoxy) is 1. The number of aromatic nitrogens is 2. The number of hydrogen-bond acceptors (Lipinski definition) is 4. The molecule has 2 aromatic carbocycles. The smallest absolute Gasteiger partial charge is 0.405 e. The van der Waals surface area contributed by atoms with Crippen molar-refractivity contribution in [2.75, 3.05) is 0 Å². The zero-order chi connectivity index (χ0) is 22.7. The number of halogens is 3. The fraction of sp³-hybridized carbons (Fsp3) is 0.348. The number of carbonyl (C=O) groups excluding carboxylic acids is 1. The van der Waals surface area contributed by atoms with Gasteiger partial charge in [0.1, 0.15) is 11.6 Å². The molecule has 0 unspecified atom stereocenters. The Kier molecular flexibility index (Phi) is 6.16. The van der Waals surface area contributed by atoms with Crippen LogP contribution in [-0.4, -0.2) is 21.8 Å². The third-order valence-corrected chi connectivity index (χ3v) is 5.47. The van der Waals surface area contributed by atoms with Crippen LogP contribution in [0.5, 0.6) is 5.75 Å². The van der Waals surface area contributed by atoms with Gasteiger partial charge in [0.05, 0.1) is 10.9 Å². The average molecular weight is 445 g/mol. The summed E-state index contributed by atoms with van der Waals surface area (Å²) >= 11 is 0. The maximum atomic E-state index is 12.9. The largest absolute Gasteiger partial charge is 0.573 e. The normalized spacial score (nSPS) is 14.3. The van der Waals surface area contributed by atoms with E-state index < -0.39 is 12.3 Å². The molecule has 1 amide bonds. The van der Waals surface area contributed by atoms with Crippen molar-refractivity contribution >= 4 is 16.8 Å². The molecule has 32 heavy (non-hydrogen) atoms. The lowest BCUT2D eigenvalue weighted by Gasteiger charge is -2.16. The molecule has 1 aliphatic rings. The lowest BCUT2D eigenvalue weighted by atomic mass is 10.1. The van der Waals surface area contributed by atoms with Crippen molar-refractivity contribution in [2.24, 2.45) is 0 Å². The number of hydrogen-bond donors (Lipinski definition) is 1. The Morgan fingerprint density at radius 3 is 2.69 bits per heavy atom. The number of para-hydroxylation sites is 1. The summed E-state index contributed by atoms with van der Waals surface area (Å²) in [6.45, 7) is 0.488. The molecule has 2 heterocycles. The van der Waals surface area contributed by atoms with Gasteiger partial charge in [-0.15, -0.1) is 13.2 Å². The van der Waals surface area contributed by atoms with Crippen molar-refractivity contribution < 1.29 is 22.7 Å². The van der Waals surface area contributed by atoms with Crippen LogP contribution in [0, 0.1) is 0 Å². The monoisotopic (exact) mass is 445 g/mol. The van der Waals surface area contributed by atoms with E-state index in [1.807, 2.05) is 0 Å². The third-order valence-electron chi connectivity index (χ3n) is 5.47. The van der Waals surface area contributed by atoms with Crippen LogP contribution in [-0.2, 0) is 19.5 Å². The first-order valence-electron chi connectivity index (χ1n) is 10.5. The van der Waals surface area contributed by atoms with Gasteiger partial charge in [0.2, 0.25) is 0 Å². The van der Waals surface area contributed by atoms with Gasteiger partial charge in [0.15, 0.2) is 0 Å². The molecule has 0 saturated carbocycles. The lowest BCUT2D eigenvalue weighted by molar-refractivity contribution is -0.274. The number of alkyl halides is 3. The SMILES string of the molecule is O=C(NCc1ccccc1OC(F)(F)F)c1ccc2c(=O)n3c(nc2c1)CCCCCC3. The van der Waals surface area contributed by atoms with E-state index in [0.29, 0.717) is 23.9 Å². The molecule has 1 N–H and O–H groups in total. The Morgan fingerprint density at radius 1 is 1.09 bits per heavy atom. The summed E-state index contributed by atoms with van der Waals surface area (Å²) in [4.78, 5) is 30.2. The second-order valence-corrected chi connectivity index (χ2v) is 7.72. The summed E-state index contributed by atoms with van der Waals surface area (Å²) in [6, 6.07) is 10.3. The van der Waals surface area contributed by atoms with Crippen LogP contribution in [0.3, 0.4) is 0 Å². The van der Waals surface area contributed by atoms with Crippen molar-refractivity contribution in [3.8, 4) is 5.75 Å². The first-order valence-corrected chi connectivity index (χ1v) is 10.5. The highest BCUT2D eigenvalue weighted by Crippen LogP contribution is 2.26. The molecule has 0 fully saturated rings. The number of rotatable bonds is 4. The summed E-state index contributed by atoms with van der Waals surface area (Å²) in [5.41, 5.74) is 0.790. The fourth-order valence-corrected chi connectivity index (χ4v) is 3.89. The second-order valence-electron chi connectivity index (χ2n) is 7.72. The molecule has 1 aliphatic heterocycles. The zero-order valence-electron chi connectivity index (χ0n) is 17.2. The molecule has 6 nitrogen and oxygen atoms in total. The Morgan fingerprint density at radius 2 is 1.88 bits per heavy atom.